The first-order chi connectivity index (χ1) is 8.50. The number of nitrogens with zero attached hydrogens (tertiary/aromatic N) is 1. The maximum absolute atomic E-state index is 11.8. The maximum Gasteiger partial charge on any atom is 0.251 e. The number of hydrogen-bond donors (Lipinski definition) is 1. The molecule has 0 aromatic heterocycles. The van der Waals surface area contributed by atoms with Crippen molar-refractivity contribution in [1.29, 1.82) is 5.26 Å². The third-order valence-electron chi connectivity index (χ3n) is 2.50. The van der Waals surface area contributed by atoms with E-state index in [1.807, 2.05) is 6.07 Å². The van der Waals surface area contributed by atoms with Gasteiger partial charge in [0.25, 0.3) is 5.91 Å². The molecule has 0 aliphatic carbocycles. The molecule has 1 unspecified atom stereocenters. The van der Waals surface area contributed by atoms with Crippen molar-refractivity contribution in [2.24, 2.45) is 0 Å². The molecule has 92 valence electrons. The van der Waals surface area contributed by atoms with Gasteiger partial charge in [0.2, 0.25) is 0 Å². The lowest BCUT2D eigenvalue weighted by molar-refractivity contribution is 0.0947. The highest BCUT2D eigenvalue weighted by atomic mass is 32.2. The van der Waals surface area contributed by atoms with Gasteiger partial charge >= 0.3 is 0 Å². The van der Waals surface area contributed by atoms with Crippen LogP contribution < -0.4 is 5.32 Å². The highest BCUT2D eigenvalue weighted by molar-refractivity contribution is 7.94. The average molecular weight is 262 g/mol. The second-order valence-corrected chi connectivity index (χ2v) is 5.86. The van der Waals surface area contributed by atoms with Gasteiger partial charge in [-0.25, -0.2) is 8.42 Å². The van der Waals surface area contributed by atoms with Crippen molar-refractivity contribution in [3.8, 4) is 6.07 Å². The largest absolute Gasteiger partial charge is 0.345 e. The Morgan fingerprint density at radius 3 is 2.83 bits per heavy atom. The van der Waals surface area contributed by atoms with Gasteiger partial charge in [-0.15, -0.1) is 0 Å². The molecule has 0 spiro atoms. The molecular weight excluding hydrogens is 252 g/mol. The molecule has 18 heavy (non-hydrogen) atoms. The van der Waals surface area contributed by atoms with E-state index in [0.29, 0.717) is 11.1 Å². The number of rotatable bonds is 2. The highest BCUT2D eigenvalue weighted by Gasteiger charge is 2.23. The minimum atomic E-state index is -3.18. The number of nitriles is 1. The number of amides is 1. The predicted octanol–water partition coefficient (Wildman–Crippen LogP) is 0.599. The molecule has 1 aromatic carbocycles. The minimum Gasteiger partial charge on any atom is -0.345 e. The first-order valence-electron chi connectivity index (χ1n) is 5.22. The molecule has 1 atom stereocenters. The fourth-order valence-corrected chi connectivity index (χ4v) is 2.88. The number of nitrogens with one attached hydrogen (secondary N) is 1. The van der Waals surface area contributed by atoms with Crippen molar-refractivity contribution in [2.75, 3.05) is 5.75 Å². The standard InChI is InChI=1S/C12H10N2O3S/c13-7-9-2-1-3-10(6-9)12(15)14-11-4-5-18(16,17)8-11/h1-6,11H,8H2,(H,14,15). The van der Waals surface area contributed by atoms with E-state index >= 15 is 0 Å². The van der Waals surface area contributed by atoms with Crippen molar-refractivity contribution < 1.29 is 13.2 Å². The molecule has 1 heterocycles. The Balaban J connectivity index is 2.09. The Hall–Kier alpha value is -2.13. The number of carbonyl (C=O) groups excluding carboxylic acids is 1. The van der Waals surface area contributed by atoms with Crippen LogP contribution in [0.4, 0.5) is 0 Å². The molecule has 1 amide bonds. The zero-order valence-corrected chi connectivity index (χ0v) is 10.1. The Kier molecular flexibility index (Phi) is 3.17. The molecule has 0 saturated carbocycles. The molecule has 1 N–H and O–H groups in total. The third kappa shape index (κ3) is 2.76. The Labute approximate surface area is 105 Å². The van der Waals surface area contributed by atoms with Crippen LogP contribution in [-0.2, 0) is 9.84 Å². The van der Waals surface area contributed by atoms with E-state index in [4.69, 9.17) is 5.26 Å². The van der Waals surface area contributed by atoms with Crippen LogP contribution in [0.2, 0.25) is 0 Å². The number of carbonyl (C=O) groups is 1. The second-order valence-electron chi connectivity index (χ2n) is 3.93. The Bertz CT molecular complexity index is 656. The Morgan fingerprint density at radius 2 is 2.22 bits per heavy atom. The number of sulfone groups is 1. The second kappa shape index (κ2) is 4.63. The van der Waals surface area contributed by atoms with Crippen molar-refractivity contribution in [2.45, 2.75) is 6.04 Å². The summed E-state index contributed by atoms with van der Waals surface area (Å²) in [5, 5.41) is 12.4. The fraction of sp³-hybridized carbons (Fsp3) is 0.167. The SMILES string of the molecule is N#Cc1cccc(C(=O)NC2C=CS(=O)(=O)C2)c1. The van der Waals surface area contributed by atoms with Crippen LogP contribution in [-0.4, -0.2) is 26.1 Å². The summed E-state index contributed by atoms with van der Waals surface area (Å²) in [6.07, 6.45) is 1.45. The topological polar surface area (TPSA) is 87.0 Å². The van der Waals surface area contributed by atoms with E-state index in [-0.39, 0.29) is 11.7 Å². The van der Waals surface area contributed by atoms with E-state index in [2.05, 4.69) is 5.32 Å². The van der Waals surface area contributed by atoms with Gasteiger partial charge in [-0.1, -0.05) is 6.07 Å². The highest BCUT2D eigenvalue weighted by Crippen LogP contribution is 2.10. The molecule has 0 fully saturated rings. The van der Waals surface area contributed by atoms with E-state index < -0.39 is 15.9 Å². The molecule has 1 aliphatic rings. The number of benzene rings is 1. The van der Waals surface area contributed by atoms with Crippen molar-refractivity contribution in [1.82, 2.24) is 5.32 Å². The van der Waals surface area contributed by atoms with Crippen LogP contribution in [0.1, 0.15) is 15.9 Å². The average Bonchev–Trinajstić information content (AvgIpc) is 2.68. The smallest absolute Gasteiger partial charge is 0.251 e. The molecule has 2 rings (SSSR count). The van der Waals surface area contributed by atoms with Gasteiger partial charge < -0.3 is 5.32 Å². The van der Waals surface area contributed by atoms with Crippen molar-refractivity contribution in [3.05, 3.63) is 46.9 Å². The lowest BCUT2D eigenvalue weighted by Gasteiger charge is -2.09. The first kappa shape index (κ1) is 12.3. The maximum atomic E-state index is 11.8. The van der Waals surface area contributed by atoms with Crippen molar-refractivity contribution in [3.63, 3.8) is 0 Å². The van der Waals surface area contributed by atoms with Gasteiger partial charge in [-0.05, 0) is 24.3 Å². The van der Waals surface area contributed by atoms with Crippen LogP contribution >= 0.6 is 0 Å². The normalized spacial score (nSPS) is 20.3. The zero-order valence-electron chi connectivity index (χ0n) is 9.33. The molecule has 0 bridgehead atoms. The van der Waals surface area contributed by atoms with Gasteiger partial charge in [0.05, 0.1) is 23.4 Å². The molecule has 5 nitrogen and oxygen atoms in total. The van der Waals surface area contributed by atoms with Crippen LogP contribution in [0.3, 0.4) is 0 Å². The van der Waals surface area contributed by atoms with Gasteiger partial charge in [-0.2, -0.15) is 5.26 Å². The molecule has 6 heteroatoms. The van der Waals surface area contributed by atoms with E-state index in [9.17, 15) is 13.2 Å². The monoisotopic (exact) mass is 262 g/mol. The van der Waals surface area contributed by atoms with Gasteiger partial charge in [0, 0.05) is 11.0 Å². The van der Waals surface area contributed by atoms with E-state index in [1.165, 1.54) is 12.1 Å². The molecule has 0 radical (unpaired) electrons. The summed E-state index contributed by atoms with van der Waals surface area (Å²) in [7, 11) is -3.18. The summed E-state index contributed by atoms with van der Waals surface area (Å²) in [6, 6.07) is 7.67. The molecule has 0 saturated heterocycles. The minimum absolute atomic E-state index is 0.114. The summed E-state index contributed by atoms with van der Waals surface area (Å²) in [6.45, 7) is 0. The first-order valence-corrected chi connectivity index (χ1v) is 6.94. The number of hydrogen-bond acceptors (Lipinski definition) is 4. The fourth-order valence-electron chi connectivity index (χ4n) is 1.65. The van der Waals surface area contributed by atoms with Crippen molar-refractivity contribution >= 4 is 15.7 Å². The lowest BCUT2D eigenvalue weighted by atomic mass is 10.1. The van der Waals surface area contributed by atoms with Crippen LogP contribution in [0.25, 0.3) is 0 Å². The summed E-state index contributed by atoms with van der Waals surface area (Å²) in [4.78, 5) is 11.8. The van der Waals surface area contributed by atoms with E-state index in [0.717, 1.165) is 5.41 Å². The summed E-state index contributed by atoms with van der Waals surface area (Å²) in [5.41, 5.74) is 0.726. The van der Waals surface area contributed by atoms with E-state index in [1.54, 1.807) is 18.2 Å². The summed E-state index contributed by atoms with van der Waals surface area (Å²) < 4.78 is 22.4. The predicted molar refractivity (Wildman–Crippen MR) is 65.3 cm³/mol. The van der Waals surface area contributed by atoms with Crippen LogP contribution in [0.15, 0.2) is 35.7 Å². The van der Waals surface area contributed by atoms with Crippen LogP contribution in [0.5, 0.6) is 0 Å². The third-order valence-corrected chi connectivity index (χ3v) is 3.90. The van der Waals surface area contributed by atoms with Gasteiger partial charge in [0.15, 0.2) is 9.84 Å². The van der Waals surface area contributed by atoms with Gasteiger partial charge in [-0.3, -0.25) is 4.79 Å². The molecule has 1 aliphatic heterocycles. The Morgan fingerprint density at radius 1 is 1.44 bits per heavy atom. The zero-order chi connectivity index (χ0) is 13.2. The quantitative estimate of drug-likeness (QED) is 0.845. The summed E-state index contributed by atoms with van der Waals surface area (Å²) in [5.74, 6) is -0.504. The molecular formula is C12H10N2O3S. The summed E-state index contributed by atoms with van der Waals surface area (Å²) >= 11 is 0. The van der Waals surface area contributed by atoms with Gasteiger partial charge in [0.1, 0.15) is 0 Å². The molecule has 1 aromatic rings. The lowest BCUT2D eigenvalue weighted by Crippen LogP contribution is -2.35. The van der Waals surface area contributed by atoms with Crippen LogP contribution in [0, 0.1) is 11.3 Å².